The fourth-order valence-electron chi connectivity index (χ4n) is 2.28. The molecule has 1 aliphatic rings. The predicted molar refractivity (Wildman–Crippen MR) is 88.4 cm³/mol. The number of ether oxygens (including phenoxy) is 2. The number of hydrogen-bond acceptors (Lipinski definition) is 6. The summed E-state index contributed by atoms with van der Waals surface area (Å²) >= 11 is 0. The second-order valence-corrected chi connectivity index (χ2v) is 5.27. The normalized spacial score (nSPS) is 14.1. The maximum atomic E-state index is 12.4. The van der Waals surface area contributed by atoms with Gasteiger partial charge in [-0.1, -0.05) is 6.92 Å². The molecule has 2 aromatic carbocycles. The second kappa shape index (κ2) is 6.56. The molecular formula is C18H13NO6. The standard InChI is InChI=1S/C18H13NO6/c1-2-17(20)24-13-7-8-14-15(10-13)25-16(18(14)21)9-11-3-5-12(6-4-11)19(22)23/h3-10H,2H2,1H3/b16-9+. The zero-order chi connectivity index (χ0) is 18.0. The number of fused-ring (bicyclic) bond motifs is 1. The number of allylic oxidation sites excluding steroid dienone is 1. The lowest BCUT2D eigenvalue weighted by Crippen LogP contribution is -2.05. The van der Waals surface area contributed by atoms with E-state index in [1.165, 1.54) is 48.5 Å². The van der Waals surface area contributed by atoms with Gasteiger partial charge in [-0.05, 0) is 35.9 Å². The van der Waals surface area contributed by atoms with Crippen molar-refractivity contribution in [2.75, 3.05) is 0 Å². The van der Waals surface area contributed by atoms with Crippen molar-refractivity contribution < 1.29 is 24.0 Å². The van der Waals surface area contributed by atoms with Crippen molar-refractivity contribution in [3.8, 4) is 11.5 Å². The quantitative estimate of drug-likeness (QED) is 0.278. The van der Waals surface area contributed by atoms with Crippen LogP contribution in [0.25, 0.3) is 6.08 Å². The van der Waals surface area contributed by atoms with Crippen molar-refractivity contribution in [2.24, 2.45) is 0 Å². The van der Waals surface area contributed by atoms with Gasteiger partial charge >= 0.3 is 5.97 Å². The lowest BCUT2D eigenvalue weighted by molar-refractivity contribution is -0.384. The van der Waals surface area contributed by atoms with Crippen LogP contribution in [0.3, 0.4) is 0 Å². The molecule has 2 aromatic rings. The third-order valence-electron chi connectivity index (χ3n) is 3.56. The average molecular weight is 339 g/mol. The second-order valence-electron chi connectivity index (χ2n) is 5.27. The number of esters is 1. The summed E-state index contributed by atoms with van der Waals surface area (Å²) in [4.78, 5) is 33.9. The van der Waals surface area contributed by atoms with Gasteiger partial charge in [0.2, 0.25) is 5.78 Å². The van der Waals surface area contributed by atoms with Crippen LogP contribution < -0.4 is 9.47 Å². The van der Waals surface area contributed by atoms with Gasteiger partial charge < -0.3 is 9.47 Å². The highest BCUT2D eigenvalue weighted by molar-refractivity contribution is 6.14. The van der Waals surface area contributed by atoms with Crippen LogP contribution in [0.1, 0.15) is 29.3 Å². The van der Waals surface area contributed by atoms with Gasteiger partial charge in [-0.15, -0.1) is 0 Å². The minimum absolute atomic E-state index is 0.0357. The Morgan fingerprint density at radius 1 is 1.24 bits per heavy atom. The van der Waals surface area contributed by atoms with Crippen molar-refractivity contribution in [3.63, 3.8) is 0 Å². The number of rotatable bonds is 4. The molecule has 0 fully saturated rings. The van der Waals surface area contributed by atoms with E-state index >= 15 is 0 Å². The highest BCUT2D eigenvalue weighted by Crippen LogP contribution is 2.35. The van der Waals surface area contributed by atoms with Gasteiger partial charge in [-0.3, -0.25) is 19.7 Å². The third-order valence-corrected chi connectivity index (χ3v) is 3.56. The summed E-state index contributed by atoms with van der Waals surface area (Å²) in [5.74, 6) is 0.0185. The summed E-state index contributed by atoms with van der Waals surface area (Å²) in [5, 5.41) is 10.7. The fraction of sp³-hybridized carbons (Fsp3) is 0.111. The molecule has 1 heterocycles. The molecule has 0 atom stereocenters. The highest BCUT2D eigenvalue weighted by atomic mass is 16.6. The van der Waals surface area contributed by atoms with E-state index in [0.717, 1.165) is 0 Å². The van der Waals surface area contributed by atoms with Crippen molar-refractivity contribution in [1.82, 2.24) is 0 Å². The Hall–Kier alpha value is -3.48. The van der Waals surface area contributed by atoms with E-state index in [9.17, 15) is 19.7 Å². The largest absolute Gasteiger partial charge is 0.452 e. The molecule has 0 N–H and O–H groups in total. The van der Waals surface area contributed by atoms with E-state index in [4.69, 9.17) is 9.47 Å². The number of nitrogens with zero attached hydrogens (tertiary/aromatic N) is 1. The van der Waals surface area contributed by atoms with Gasteiger partial charge in [0.25, 0.3) is 5.69 Å². The third kappa shape index (κ3) is 3.40. The summed E-state index contributed by atoms with van der Waals surface area (Å²) in [6, 6.07) is 10.3. The summed E-state index contributed by atoms with van der Waals surface area (Å²) in [6.45, 7) is 1.68. The molecule has 0 aliphatic carbocycles. The molecule has 0 radical (unpaired) electrons. The molecule has 0 unspecified atom stereocenters. The highest BCUT2D eigenvalue weighted by Gasteiger charge is 2.28. The van der Waals surface area contributed by atoms with Crippen molar-refractivity contribution in [2.45, 2.75) is 13.3 Å². The van der Waals surface area contributed by atoms with Crippen LogP contribution in [0.2, 0.25) is 0 Å². The maximum absolute atomic E-state index is 12.4. The van der Waals surface area contributed by atoms with Crippen molar-refractivity contribution in [3.05, 3.63) is 69.5 Å². The predicted octanol–water partition coefficient (Wildman–Crippen LogP) is 3.53. The molecule has 3 rings (SSSR count). The fourth-order valence-corrected chi connectivity index (χ4v) is 2.28. The minimum atomic E-state index is -0.497. The summed E-state index contributed by atoms with van der Waals surface area (Å²) in [6.07, 6.45) is 1.74. The minimum Gasteiger partial charge on any atom is -0.452 e. The molecule has 0 saturated heterocycles. The van der Waals surface area contributed by atoms with Gasteiger partial charge in [-0.25, -0.2) is 0 Å². The van der Waals surface area contributed by atoms with Crippen LogP contribution in [0, 0.1) is 10.1 Å². The summed E-state index contributed by atoms with van der Waals surface area (Å²) < 4.78 is 10.6. The van der Waals surface area contributed by atoms with Gasteiger partial charge in [0.1, 0.15) is 11.5 Å². The number of carbonyl (C=O) groups excluding carboxylic acids is 2. The van der Waals surface area contributed by atoms with Crippen LogP contribution >= 0.6 is 0 Å². The Bertz CT molecular complexity index is 898. The molecular weight excluding hydrogens is 326 g/mol. The van der Waals surface area contributed by atoms with Gasteiger partial charge in [-0.2, -0.15) is 0 Å². The first-order valence-electron chi connectivity index (χ1n) is 7.51. The lowest BCUT2D eigenvalue weighted by Gasteiger charge is -2.03. The monoisotopic (exact) mass is 339 g/mol. The molecule has 0 amide bonds. The Balaban J connectivity index is 1.84. The molecule has 126 valence electrons. The number of ketones is 1. The van der Waals surface area contributed by atoms with E-state index in [2.05, 4.69) is 0 Å². The van der Waals surface area contributed by atoms with Crippen LogP contribution in [0.5, 0.6) is 11.5 Å². The Morgan fingerprint density at radius 2 is 1.96 bits per heavy atom. The van der Waals surface area contributed by atoms with Gasteiger partial charge in [0.05, 0.1) is 10.5 Å². The molecule has 7 nitrogen and oxygen atoms in total. The Morgan fingerprint density at radius 3 is 2.60 bits per heavy atom. The van der Waals surface area contributed by atoms with E-state index < -0.39 is 4.92 Å². The number of benzene rings is 2. The van der Waals surface area contributed by atoms with E-state index in [1.807, 2.05) is 0 Å². The number of nitro benzene ring substituents is 1. The van der Waals surface area contributed by atoms with Crippen molar-refractivity contribution in [1.29, 1.82) is 0 Å². The van der Waals surface area contributed by atoms with Gasteiger partial charge in [0, 0.05) is 24.6 Å². The van der Waals surface area contributed by atoms with Crippen molar-refractivity contribution >= 4 is 23.5 Å². The lowest BCUT2D eigenvalue weighted by atomic mass is 10.1. The molecule has 0 bridgehead atoms. The SMILES string of the molecule is CCC(=O)Oc1ccc2c(c1)O/C(=C/c1ccc([N+](=O)[O-])cc1)C2=O. The zero-order valence-electron chi connectivity index (χ0n) is 13.2. The zero-order valence-corrected chi connectivity index (χ0v) is 13.2. The smallest absolute Gasteiger partial charge is 0.310 e. The van der Waals surface area contributed by atoms with E-state index in [0.29, 0.717) is 22.6 Å². The van der Waals surface area contributed by atoms with E-state index in [-0.39, 0.29) is 29.6 Å². The average Bonchev–Trinajstić information content (AvgIpc) is 2.90. The van der Waals surface area contributed by atoms with Crippen LogP contribution in [-0.4, -0.2) is 16.7 Å². The first-order valence-corrected chi connectivity index (χ1v) is 7.51. The molecule has 0 spiro atoms. The Labute approximate surface area is 142 Å². The summed E-state index contributed by atoms with van der Waals surface area (Å²) in [7, 11) is 0. The molecule has 1 aliphatic heterocycles. The molecule has 0 aromatic heterocycles. The van der Waals surface area contributed by atoms with Crippen LogP contribution in [-0.2, 0) is 4.79 Å². The van der Waals surface area contributed by atoms with Crippen LogP contribution in [0.15, 0.2) is 48.2 Å². The Kier molecular flexibility index (Phi) is 4.30. The molecule has 0 saturated carbocycles. The number of hydrogen-bond donors (Lipinski definition) is 0. The number of nitro groups is 1. The number of non-ortho nitro benzene ring substituents is 1. The first kappa shape index (κ1) is 16.4. The first-order chi connectivity index (χ1) is 12.0. The number of carbonyl (C=O) groups is 2. The van der Waals surface area contributed by atoms with Gasteiger partial charge in [0.15, 0.2) is 5.76 Å². The molecule has 7 heteroatoms. The van der Waals surface area contributed by atoms with Crippen LogP contribution in [0.4, 0.5) is 5.69 Å². The summed E-state index contributed by atoms with van der Waals surface area (Å²) in [5.41, 5.74) is 0.926. The maximum Gasteiger partial charge on any atom is 0.310 e. The van der Waals surface area contributed by atoms with E-state index in [1.54, 1.807) is 6.92 Å². The molecule has 25 heavy (non-hydrogen) atoms. The topological polar surface area (TPSA) is 95.7 Å². The number of Topliss-reactive ketones (excluding diaryl/α,β-unsaturated/α-hetero) is 1.